The first-order valence-corrected chi connectivity index (χ1v) is 11.7. The van der Waals surface area contributed by atoms with Gasteiger partial charge in [0, 0.05) is 25.1 Å². The van der Waals surface area contributed by atoms with Gasteiger partial charge in [0.2, 0.25) is 5.91 Å². The summed E-state index contributed by atoms with van der Waals surface area (Å²) < 4.78 is 10.5. The SMILES string of the molecule is CN(C)CCOC(=O)[C@@H]1Cc2ccccc2N1C(=O)CC[C@@H](NC(=O)OCc1ccccc1)C(=O)O. The molecule has 0 bridgehead atoms. The Morgan fingerprint density at radius 3 is 2.44 bits per heavy atom. The number of nitrogens with zero attached hydrogens (tertiary/aromatic N) is 2. The Labute approximate surface area is 209 Å². The van der Waals surface area contributed by atoms with Gasteiger partial charge in [0.1, 0.15) is 25.3 Å². The molecule has 3 rings (SSSR count). The maximum atomic E-state index is 13.2. The van der Waals surface area contributed by atoms with E-state index in [2.05, 4.69) is 5.32 Å². The molecule has 10 heteroatoms. The van der Waals surface area contributed by atoms with E-state index in [4.69, 9.17) is 9.47 Å². The van der Waals surface area contributed by atoms with Crippen molar-refractivity contribution in [1.29, 1.82) is 0 Å². The zero-order valence-electron chi connectivity index (χ0n) is 20.4. The Kier molecular flexibility index (Phi) is 9.40. The number of anilines is 1. The average molecular weight is 498 g/mol. The number of carbonyl (C=O) groups excluding carboxylic acids is 3. The van der Waals surface area contributed by atoms with Crippen LogP contribution in [0.15, 0.2) is 54.6 Å². The molecule has 0 spiro atoms. The first-order chi connectivity index (χ1) is 17.3. The maximum absolute atomic E-state index is 13.2. The average Bonchev–Trinajstić information content (AvgIpc) is 3.25. The predicted octanol–water partition coefficient (Wildman–Crippen LogP) is 2.21. The molecule has 0 unspecified atom stereocenters. The third-order valence-electron chi connectivity index (χ3n) is 5.75. The summed E-state index contributed by atoms with van der Waals surface area (Å²) in [5.41, 5.74) is 2.18. The van der Waals surface area contributed by atoms with Crippen molar-refractivity contribution in [3.8, 4) is 0 Å². The van der Waals surface area contributed by atoms with E-state index in [0.29, 0.717) is 18.7 Å². The van der Waals surface area contributed by atoms with Crippen molar-refractivity contribution in [3.05, 3.63) is 65.7 Å². The number of aliphatic carboxylic acids is 1. The minimum Gasteiger partial charge on any atom is -0.480 e. The zero-order chi connectivity index (χ0) is 26.1. The summed E-state index contributed by atoms with van der Waals surface area (Å²) in [5, 5.41) is 11.8. The van der Waals surface area contributed by atoms with Crippen LogP contribution in [-0.2, 0) is 36.9 Å². The predicted molar refractivity (Wildman–Crippen MR) is 131 cm³/mol. The number of benzene rings is 2. The second-order valence-corrected chi connectivity index (χ2v) is 8.72. The highest BCUT2D eigenvalue weighted by atomic mass is 16.5. The van der Waals surface area contributed by atoms with Crippen molar-refractivity contribution >= 4 is 29.6 Å². The fourth-order valence-electron chi connectivity index (χ4n) is 3.86. The summed E-state index contributed by atoms with van der Waals surface area (Å²) in [6.45, 7) is 0.725. The van der Waals surface area contributed by atoms with Crippen LogP contribution < -0.4 is 10.2 Å². The number of rotatable bonds is 11. The van der Waals surface area contributed by atoms with E-state index in [9.17, 15) is 24.3 Å². The van der Waals surface area contributed by atoms with Gasteiger partial charge >= 0.3 is 18.0 Å². The number of ether oxygens (including phenoxy) is 2. The maximum Gasteiger partial charge on any atom is 0.408 e. The molecule has 0 aliphatic carbocycles. The van der Waals surface area contributed by atoms with Crippen LogP contribution in [0.4, 0.5) is 10.5 Å². The number of amides is 2. The lowest BCUT2D eigenvalue weighted by Gasteiger charge is -2.25. The number of alkyl carbamates (subject to hydrolysis) is 1. The summed E-state index contributed by atoms with van der Waals surface area (Å²) in [7, 11) is 3.72. The van der Waals surface area contributed by atoms with Crippen LogP contribution in [0.5, 0.6) is 0 Å². The molecular formula is C26H31N3O7. The Morgan fingerprint density at radius 1 is 1.06 bits per heavy atom. The second kappa shape index (κ2) is 12.7. The topological polar surface area (TPSA) is 125 Å². The highest BCUT2D eigenvalue weighted by molar-refractivity contribution is 6.02. The smallest absolute Gasteiger partial charge is 0.408 e. The Hall–Kier alpha value is -3.92. The number of likely N-dealkylation sites (N-methyl/N-ethyl adjacent to an activating group) is 1. The van der Waals surface area contributed by atoms with E-state index in [0.717, 1.165) is 11.1 Å². The Morgan fingerprint density at radius 2 is 1.75 bits per heavy atom. The summed E-state index contributed by atoms with van der Waals surface area (Å²) in [6.07, 6.45) is -0.955. The van der Waals surface area contributed by atoms with Gasteiger partial charge in [-0.3, -0.25) is 9.69 Å². The third kappa shape index (κ3) is 7.29. The number of carboxylic acid groups (broad SMARTS) is 1. The molecule has 1 aliphatic rings. The monoisotopic (exact) mass is 497 g/mol. The summed E-state index contributed by atoms with van der Waals surface area (Å²) in [4.78, 5) is 53.1. The van der Waals surface area contributed by atoms with Crippen LogP contribution in [0.2, 0.25) is 0 Å². The quantitative estimate of drug-likeness (QED) is 0.453. The largest absolute Gasteiger partial charge is 0.480 e. The van der Waals surface area contributed by atoms with E-state index in [1.54, 1.807) is 36.4 Å². The molecule has 0 saturated carbocycles. The molecule has 1 heterocycles. The molecule has 0 radical (unpaired) electrons. The van der Waals surface area contributed by atoms with E-state index in [1.165, 1.54) is 4.90 Å². The van der Waals surface area contributed by atoms with Crippen LogP contribution in [-0.4, -0.2) is 73.3 Å². The first kappa shape index (κ1) is 26.7. The van der Waals surface area contributed by atoms with Crippen LogP contribution in [0.25, 0.3) is 0 Å². The number of hydrogen-bond acceptors (Lipinski definition) is 7. The van der Waals surface area contributed by atoms with Crippen molar-refractivity contribution in [2.24, 2.45) is 0 Å². The minimum atomic E-state index is -1.33. The van der Waals surface area contributed by atoms with Gasteiger partial charge in [0.15, 0.2) is 0 Å². The van der Waals surface area contributed by atoms with Crippen molar-refractivity contribution in [3.63, 3.8) is 0 Å². The third-order valence-corrected chi connectivity index (χ3v) is 5.75. The Bertz CT molecular complexity index is 1070. The van der Waals surface area contributed by atoms with Gasteiger partial charge in [-0.15, -0.1) is 0 Å². The molecule has 2 aromatic carbocycles. The van der Waals surface area contributed by atoms with E-state index in [-0.39, 0.29) is 26.1 Å². The first-order valence-electron chi connectivity index (χ1n) is 11.7. The lowest BCUT2D eigenvalue weighted by atomic mass is 10.1. The zero-order valence-corrected chi connectivity index (χ0v) is 20.4. The highest BCUT2D eigenvalue weighted by Gasteiger charge is 2.39. The van der Waals surface area contributed by atoms with Gasteiger partial charge in [0.05, 0.1) is 0 Å². The van der Waals surface area contributed by atoms with Gasteiger partial charge < -0.3 is 24.8 Å². The number of para-hydroxylation sites is 1. The molecule has 0 saturated heterocycles. The van der Waals surface area contributed by atoms with Gasteiger partial charge in [-0.2, -0.15) is 0 Å². The van der Waals surface area contributed by atoms with Gasteiger partial charge in [-0.05, 0) is 37.7 Å². The van der Waals surface area contributed by atoms with Crippen LogP contribution >= 0.6 is 0 Å². The lowest BCUT2D eigenvalue weighted by molar-refractivity contribution is -0.146. The minimum absolute atomic E-state index is 0.0138. The summed E-state index contributed by atoms with van der Waals surface area (Å²) >= 11 is 0. The van der Waals surface area contributed by atoms with Crippen LogP contribution in [0.1, 0.15) is 24.0 Å². The second-order valence-electron chi connectivity index (χ2n) is 8.72. The molecule has 36 heavy (non-hydrogen) atoms. The normalized spacial score (nSPS) is 15.2. The fourth-order valence-corrected chi connectivity index (χ4v) is 3.86. The molecule has 2 N–H and O–H groups in total. The molecule has 10 nitrogen and oxygen atoms in total. The van der Waals surface area contributed by atoms with Crippen molar-refractivity contribution in [2.45, 2.75) is 38.0 Å². The molecule has 0 aromatic heterocycles. The number of nitrogens with one attached hydrogen (secondary N) is 1. The van der Waals surface area contributed by atoms with Gasteiger partial charge in [-0.25, -0.2) is 14.4 Å². The number of esters is 1. The molecule has 2 atom stereocenters. The number of fused-ring (bicyclic) bond motifs is 1. The molecule has 2 amide bonds. The van der Waals surface area contributed by atoms with Gasteiger partial charge in [0.25, 0.3) is 0 Å². The summed E-state index contributed by atoms with van der Waals surface area (Å²) in [5.74, 6) is -2.24. The standard InChI is InChI=1S/C26H31N3O7/c1-28(2)14-15-35-25(33)22-16-19-10-6-7-11-21(19)29(22)23(30)13-12-20(24(31)32)27-26(34)36-17-18-8-4-3-5-9-18/h3-11,20,22H,12-17H2,1-2H3,(H,27,34)(H,31,32)/t20-,22+/m1/s1. The molecule has 192 valence electrons. The van der Waals surface area contributed by atoms with E-state index >= 15 is 0 Å². The lowest BCUT2D eigenvalue weighted by Crippen LogP contribution is -2.46. The van der Waals surface area contributed by atoms with Crippen molar-refractivity contribution in [2.75, 3.05) is 32.1 Å². The molecule has 1 aliphatic heterocycles. The number of carboxylic acids is 1. The van der Waals surface area contributed by atoms with Gasteiger partial charge in [-0.1, -0.05) is 48.5 Å². The number of hydrogen-bond donors (Lipinski definition) is 2. The molecular weight excluding hydrogens is 466 g/mol. The van der Waals surface area contributed by atoms with E-state index < -0.39 is 36.0 Å². The van der Waals surface area contributed by atoms with E-state index in [1.807, 2.05) is 37.2 Å². The summed E-state index contributed by atoms with van der Waals surface area (Å²) in [6, 6.07) is 14.0. The van der Waals surface area contributed by atoms with Crippen molar-refractivity contribution in [1.82, 2.24) is 10.2 Å². The van der Waals surface area contributed by atoms with Crippen LogP contribution in [0.3, 0.4) is 0 Å². The van der Waals surface area contributed by atoms with Crippen LogP contribution in [0, 0.1) is 0 Å². The molecule has 0 fully saturated rings. The number of carbonyl (C=O) groups is 4. The highest BCUT2D eigenvalue weighted by Crippen LogP contribution is 2.33. The Balaban J connectivity index is 1.61. The molecule has 2 aromatic rings. The fraction of sp³-hybridized carbons (Fsp3) is 0.385. The van der Waals surface area contributed by atoms with Crippen molar-refractivity contribution < 1.29 is 33.8 Å².